The van der Waals surface area contributed by atoms with Crippen molar-refractivity contribution < 1.29 is 14.2 Å². The number of ether oxygens (including phenoxy) is 1. The van der Waals surface area contributed by atoms with Gasteiger partial charge in [-0.2, -0.15) is 0 Å². The summed E-state index contributed by atoms with van der Waals surface area (Å²) in [6, 6.07) is 5.85. The van der Waals surface area contributed by atoms with Crippen LogP contribution in [0.2, 0.25) is 5.02 Å². The zero-order valence-corrected chi connectivity index (χ0v) is 10.4. The highest BCUT2D eigenvalue weighted by atomic mass is 35.5. The Morgan fingerprint density at radius 3 is 2.83 bits per heavy atom. The van der Waals surface area contributed by atoms with Gasteiger partial charge in [0.15, 0.2) is 0 Å². The van der Waals surface area contributed by atoms with Gasteiger partial charge < -0.3 is 9.84 Å². The highest BCUT2D eigenvalue weighted by molar-refractivity contribution is 6.30. The summed E-state index contributed by atoms with van der Waals surface area (Å²) in [5.41, 5.74) is 1.28. The molecule has 3 nitrogen and oxygen atoms in total. The average Bonchev–Trinajstić information content (AvgIpc) is 2.34. The number of pyridine rings is 1. The van der Waals surface area contributed by atoms with Crippen molar-refractivity contribution in [3.63, 3.8) is 0 Å². The van der Waals surface area contributed by atoms with Crippen LogP contribution in [0, 0.1) is 12.7 Å². The van der Waals surface area contributed by atoms with E-state index in [1.807, 2.05) is 0 Å². The summed E-state index contributed by atoms with van der Waals surface area (Å²) in [5, 5.41) is 9.21. The monoisotopic (exact) mass is 267 g/mol. The number of nitrogens with zero attached hydrogens (tertiary/aromatic N) is 1. The molecule has 1 N–H and O–H groups in total. The second-order valence-electron chi connectivity index (χ2n) is 3.77. The molecule has 0 radical (unpaired) electrons. The third kappa shape index (κ3) is 2.78. The summed E-state index contributed by atoms with van der Waals surface area (Å²) in [6.07, 6.45) is 1.52. The lowest BCUT2D eigenvalue weighted by atomic mass is 10.2. The molecular weight excluding hydrogens is 257 g/mol. The van der Waals surface area contributed by atoms with Gasteiger partial charge in [-0.1, -0.05) is 11.6 Å². The average molecular weight is 268 g/mol. The molecule has 1 heterocycles. The number of rotatable bonds is 3. The standard InChI is InChI=1S/C13H11ClFNO2/c1-8-4-13(9(7-17)6-16-8)18-10-2-3-11(14)12(15)5-10/h2-6,17H,7H2,1H3. The van der Waals surface area contributed by atoms with E-state index in [2.05, 4.69) is 4.98 Å². The molecule has 94 valence electrons. The number of aliphatic hydroxyl groups is 1. The van der Waals surface area contributed by atoms with Crippen LogP contribution in [0.25, 0.3) is 0 Å². The Kier molecular flexibility index (Phi) is 3.79. The van der Waals surface area contributed by atoms with E-state index < -0.39 is 5.82 Å². The zero-order chi connectivity index (χ0) is 13.1. The summed E-state index contributed by atoms with van der Waals surface area (Å²) in [5.74, 6) is 0.217. The lowest BCUT2D eigenvalue weighted by Crippen LogP contribution is -1.95. The molecule has 0 spiro atoms. The van der Waals surface area contributed by atoms with Crippen LogP contribution < -0.4 is 4.74 Å². The van der Waals surface area contributed by atoms with Crippen LogP contribution in [-0.4, -0.2) is 10.1 Å². The van der Waals surface area contributed by atoms with Crippen molar-refractivity contribution in [2.75, 3.05) is 0 Å². The maximum Gasteiger partial charge on any atom is 0.145 e. The van der Waals surface area contributed by atoms with E-state index in [1.54, 1.807) is 19.1 Å². The molecule has 0 unspecified atom stereocenters. The van der Waals surface area contributed by atoms with Gasteiger partial charge >= 0.3 is 0 Å². The van der Waals surface area contributed by atoms with E-state index in [0.29, 0.717) is 17.1 Å². The number of aliphatic hydroxyl groups excluding tert-OH is 1. The third-order valence-corrected chi connectivity index (χ3v) is 2.68. The smallest absolute Gasteiger partial charge is 0.145 e. The van der Waals surface area contributed by atoms with Gasteiger partial charge in [0.05, 0.1) is 11.6 Å². The number of aryl methyl sites for hydroxylation is 1. The Balaban J connectivity index is 2.33. The normalized spacial score (nSPS) is 10.4. The molecule has 0 saturated carbocycles. The number of hydrogen-bond donors (Lipinski definition) is 1. The van der Waals surface area contributed by atoms with Crippen LogP contribution in [0.15, 0.2) is 30.5 Å². The summed E-state index contributed by atoms with van der Waals surface area (Å²) < 4.78 is 18.8. The van der Waals surface area contributed by atoms with Gasteiger partial charge in [-0.25, -0.2) is 4.39 Å². The molecule has 0 bridgehead atoms. The fourth-order valence-electron chi connectivity index (χ4n) is 1.44. The highest BCUT2D eigenvalue weighted by Crippen LogP contribution is 2.28. The van der Waals surface area contributed by atoms with Crippen LogP contribution >= 0.6 is 11.6 Å². The minimum atomic E-state index is -0.550. The molecule has 1 aromatic heterocycles. The number of benzene rings is 1. The van der Waals surface area contributed by atoms with Crippen molar-refractivity contribution >= 4 is 11.6 Å². The molecule has 2 aromatic rings. The Bertz CT molecular complexity index is 575. The third-order valence-electron chi connectivity index (χ3n) is 2.37. The Morgan fingerprint density at radius 1 is 1.39 bits per heavy atom. The topological polar surface area (TPSA) is 42.4 Å². The van der Waals surface area contributed by atoms with Gasteiger partial charge in [-0.05, 0) is 19.1 Å². The van der Waals surface area contributed by atoms with Crippen molar-refractivity contribution in [1.29, 1.82) is 0 Å². The zero-order valence-electron chi connectivity index (χ0n) is 9.65. The Hall–Kier alpha value is -1.65. The molecule has 0 saturated heterocycles. The van der Waals surface area contributed by atoms with Gasteiger partial charge in [0, 0.05) is 29.6 Å². The molecule has 0 aliphatic heterocycles. The van der Waals surface area contributed by atoms with E-state index in [0.717, 1.165) is 5.69 Å². The van der Waals surface area contributed by atoms with Crippen LogP contribution in [0.5, 0.6) is 11.5 Å². The van der Waals surface area contributed by atoms with Crippen LogP contribution in [0.1, 0.15) is 11.3 Å². The lowest BCUT2D eigenvalue weighted by molar-refractivity contribution is 0.276. The molecule has 0 aliphatic carbocycles. The number of hydrogen-bond acceptors (Lipinski definition) is 3. The molecule has 5 heteroatoms. The first-order chi connectivity index (χ1) is 8.60. The van der Waals surface area contributed by atoms with E-state index in [1.165, 1.54) is 18.3 Å². The van der Waals surface area contributed by atoms with E-state index in [-0.39, 0.29) is 11.6 Å². The van der Waals surface area contributed by atoms with E-state index in [9.17, 15) is 9.50 Å². The summed E-state index contributed by atoms with van der Waals surface area (Å²) >= 11 is 5.59. The predicted molar refractivity (Wildman–Crippen MR) is 66.4 cm³/mol. The van der Waals surface area contributed by atoms with Crippen molar-refractivity contribution in [3.8, 4) is 11.5 Å². The number of aromatic nitrogens is 1. The van der Waals surface area contributed by atoms with Crippen molar-refractivity contribution in [2.45, 2.75) is 13.5 Å². The molecule has 18 heavy (non-hydrogen) atoms. The maximum atomic E-state index is 13.3. The predicted octanol–water partition coefficient (Wildman–Crippen LogP) is 3.47. The van der Waals surface area contributed by atoms with Crippen LogP contribution in [0.3, 0.4) is 0 Å². The first kappa shape index (κ1) is 12.8. The molecule has 0 atom stereocenters. The van der Waals surface area contributed by atoms with Crippen molar-refractivity contribution in [1.82, 2.24) is 4.98 Å². The molecule has 0 amide bonds. The first-order valence-corrected chi connectivity index (χ1v) is 5.67. The first-order valence-electron chi connectivity index (χ1n) is 5.29. The lowest BCUT2D eigenvalue weighted by Gasteiger charge is -2.10. The molecule has 1 aromatic carbocycles. The summed E-state index contributed by atoms with van der Waals surface area (Å²) in [7, 11) is 0. The van der Waals surface area contributed by atoms with Gasteiger partial charge in [-0.3, -0.25) is 4.98 Å². The fraction of sp³-hybridized carbons (Fsp3) is 0.154. The molecule has 2 rings (SSSR count). The molecular formula is C13H11ClFNO2. The molecule has 0 aliphatic rings. The summed E-state index contributed by atoms with van der Waals surface area (Å²) in [6.45, 7) is 1.61. The minimum Gasteiger partial charge on any atom is -0.457 e. The second kappa shape index (κ2) is 5.33. The van der Waals surface area contributed by atoms with E-state index >= 15 is 0 Å². The number of halogens is 2. The van der Waals surface area contributed by atoms with Gasteiger partial charge in [0.25, 0.3) is 0 Å². The Morgan fingerprint density at radius 2 is 2.17 bits per heavy atom. The summed E-state index contributed by atoms with van der Waals surface area (Å²) in [4.78, 5) is 4.05. The fourth-order valence-corrected chi connectivity index (χ4v) is 1.56. The molecule has 0 fully saturated rings. The quantitative estimate of drug-likeness (QED) is 0.926. The minimum absolute atomic E-state index is 0.0376. The van der Waals surface area contributed by atoms with E-state index in [4.69, 9.17) is 16.3 Å². The SMILES string of the molecule is Cc1cc(Oc2ccc(Cl)c(F)c2)c(CO)cn1. The van der Waals surface area contributed by atoms with Gasteiger partial charge in [0.2, 0.25) is 0 Å². The van der Waals surface area contributed by atoms with Crippen molar-refractivity contribution in [2.24, 2.45) is 0 Å². The van der Waals surface area contributed by atoms with Gasteiger partial charge in [0.1, 0.15) is 17.3 Å². The maximum absolute atomic E-state index is 13.3. The highest BCUT2D eigenvalue weighted by Gasteiger charge is 2.07. The van der Waals surface area contributed by atoms with Crippen molar-refractivity contribution in [3.05, 3.63) is 52.6 Å². The van der Waals surface area contributed by atoms with Crippen LogP contribution in [-0.2, 0) is 6.61 Å². The Labute approximate surface area is 109 Å². The van der Waals surface area contributed by atoms with Crippen LogP contribution in [0.4, 0.5) is 4.39 Å². The van der Waals surface area contributed by atoms with Gasteiger partial charge in [-0.15, -0.1) is 0 Å². The largest absolute Gasteiger partial charge is 0.457 e. The second-order valence-corrected chi connectivity index (χ2v) is 4.18.